The van der Waals surface area contributed by atoms with Gasteiger partial charge in [-0.1, -0.05) is 51.9 Å². The molecule has 2 nitrogen and oxygen atoms in total. The molecule has 0 aromatic heterocycles. The van der Waals surface area contributed by atoms with Crippen LogP contribution in [0.5, 0.6) is 0 Å². The van der Waals surface area contributed by atoms with Crippen molar-refractivity contribution in [2.75, 3.05) is 6.61 Å². The molecule has 17 heavy (non-hydrogen) atoms. The first-order chi connectivity index (χ1) is 8.25. The predicted octanol–water partition coefficient (Wildman–Crippen LogP) is 3.86. The molecule has 0 saturated heterocycles. The van der Waals surface area contributed by atoms with E-state index in [2.05, 4.69) is 6.92 Å². The Kier molecular flexibility index (Phi) is 6.79. The molecule has 1 rings (SSSR count). The summed E-state index contributed by atoms with van der Waals surface area (Å²) in [5, 5.41) is 9.44. The molecule has 0 amide bonds. The molecule has 0 aromatic carbocycles. The van der Waals surface area contributed by atoms with E-state index in [4.69, 9.17) is 0 Å². The van der Waals surface area contributed by atoms with Gasteiger partial charge in [0, 0.05) is 6.42 Å². The highest BCUT2D eigenvalue weighted by molar-refractivity contribution is 5.86. The molecule has 100 valence electrons. The summed E-state index contributed by atoms with van der Waals surface area (Å²) in [6.45, 7) is 2.30. The molecular weight excluding hydrogens is 212 g/mol. The third-order valence-electron chi connectivity index (χ3n) is 4.21. The topological polar surface area (TPSA) is 37.3 Å². The summed E-state index contributed by atoms with van der Waals surface area (Å²) in [6.07, 6.45) is 12.4. The molecule has 0 aromatic rings. The van der Waals surface area contributed by atoms with E-state index in [1.165, 1.54) is 38.5 Å². The van der Waals surface area contributed by atoms with Crippen molar-refractivity contribution in [3.05, 3.63) is 0 Å². The van der Waals surface area contributed by atoms with Crippen molar-refractivity contribution < 1.29 is 9.90 Å². The van der Waals surface area contributed by atoms with E-state index < -0.39 is 0 Å². The van der Waals surface area contributed by atoms with Gasteiger partial charge >= 0.3 is 0 Å². The van der Waals surface area contributed by atoms with Crippen LogP contribution in [0.25, 0.3) is 0 Å². The lowest BCUT2D eigenvalue weighted by atomic mass is 9.81. The van der Waals surface area contributed by atoms with Crippen molar-refractivity contribution in [1.29, 1.82) is 0 Å². The molecule has 1 aliphatic carbocycles. The van der Waals surface area contributed by atoms with E-state index in [-0.39, 0.29) is 12.0 Å². The minimum Gasteiger partial charge on any atom is -0.395 e. The number of aliphatic hydroxyl groups excluding tert-OH is 1. The first kappa shape index (κ1) is 14.7. The molecule has 1 N–H and O–H groups in total. The molecular formula is C15H28O2. The summed E-state index contributed by atoms with van der Waals surface area (Å²) in [6, 6.07) is 0. The number of aliphatic hydroxyl groups is 1. The summed E-state index contributed by atoms with van der Waals surface area (Å²) in [5.41, 5.74) is -0.344. The van der Waals surface area contributed by atoms with Crippen LogP contribution in [0.2, 0.25) is 0 Å². The average Bonchev–Trinajstić information content (AvgIpc) is 2.70. The van der Waals surface area contributed by atoms with Gasteiger partial charge in [-0.3, -0.25) is 4.79 Å². The van der Waals surface area contributed by atoms with E-state index in [1.54, 1.807) is 0 Å². The Labute approximate surface area is 106 Å². The lowest BCUT2D eigenvalue weighted by Crippen LogP contribution is -2.29. The largest absolute Gasteiger partial charge is 0.395 e. The molecule has 0 heterocycles. The van der Waals surface area contributed by atoms with Gasteiger partial charge in [0.2, 0.25) is 0 Å². The SMILES string of the molecule is CCCCCCCCC[C@@]1(CO)CCCC1=O. The Bertz CT molecular complexity index is 225. The number of rotatable bonds is 9. The van der Waals surface area contributed by atoms with Gasteiger partial charge in [-0.2, -0.15) is 0 Å². The van der Waals surface area contributed by atoms with E-state index >= 15 is 0 Å². The average molecular weight is 240 g/mol. The number of hydrogen-bond donors (Lipinski definition) is 1. The first-order valence-electron chi connectivity index (χ1n) is 7.39. The van der Waals surface area contributed by atoms with Gasteiger partial charge in [-0.25, -0.2) is 0 Å². The second-order valence-corrected chi connectivity index (χ2v) is 5.59. The fourth-order valence-corrected chi connectivity index (χ4v) is 2.92. The second-order valence-electron chi connectivity index (χ2n) is 5.59. The van der Waals surface area contributed by atoms with Crippen molar-refractivity contribution in [3.63, 3.8) is 0 Å². The quantitative estimate of drug-likeness (QED) is 0.621. The Morgan fingerprint density at radius 3 is 2.29 bits per heavy atom. The van der Waals surface area contributed by atoms with E-state index in [1.807, 2.05) is 0 Å². The molecule has 1 fully saturated rings. The van der Waals surface area contributed by atoms with Gasteiger partial charge < -0.3 is 5.11 Å². The normalized spacial score (nSPS) is 24.5. The molecule has 0 aliphatic heterocycles. The first-order valence-corrected chi connectivity index (χ1v) is 7.39. The molecule has 1 atom stereocenters. The van der Waals surface area contributed by atoms with Crippen LogP contribution in [0.1, 0.15) is 77.6 Å². The highest BCUT2D eigenvalue weighted by atomic mass is 16.3. The summed E-state index contributed by atoms with van der Waals surface area (Å²) < 4.78 is 0. The van der Waals surface area contributed by atoms with Crippen molar-refractivity contribution in [1.82, 2.24) is 0 Å². The predicted molar refractivity (Wildman–Crippen MR) is 71.0 cm³/mol. The summed E-state index contributed by atoms with van der Waals surface area (Å²) >= 11 is 0. The Morgan fingerprint density at radius 2 is 1.76 bits per heavy atom. The maximum atomic E-state index is 11.8. The lowest BCUT2D eigenvalue weighted by Gasteiger charge is -2.24. The minimum atomic E-state index is -0.344. The van der Waals surface area contributed by atoms with Crippen LogP contribution in [0.4, 0.5) is 0 Å². The molecule has 0 bridgehead atoms. The smallest absolute Gasteiger partial charge is 0.141 e. The fraction of sp³-hybridized carbons (Fsp3) is 0.933. The number of hydrogen-bond acceptors (Lipinski definition) is 2. The van der Waals surface area contributed by atoms with Crippen molar-refractivity contribution in [2.45, 2.75) is 77.6 Å². The minimum absolute atomic E-state index is 0.0711. The van der Waals surface area contributed by atoms with Crippen LogP contribution in [0.3, 0.4) is 0 Å². The van der Waals surface area contributed by atoms with Crippen molar-refractivity contribution >= 4 is 5.78 Å². The Hall–Kier alpha value is -0.370. The fourth-order valence-electron chi connectivity index (χ4n) is 2.92. The van der Waals surface area contributed by atoms with Gasteiger partial charge in [0.25, 0.3) is 0 Å². The Balaban J connectivity index is 2.10. The van der Waals surface area contributed by atoms with Crippen LogP contribution in [-0.2, 0) is 4.79 Å². The second kappa shape index (κ2) is 7.86. The molecule has 0 unspecified atom stereocenters. The van der Waals surface area contributed by atoms with Crippen LogP contribution in [0.15, 0.2) is 0 Å². The molecule has 2 heteroatoms. The lowest BCUT2D eigenvalue weighted by molar-refractivity contribution is -0.128. The summed E-state index contributed by atoms with van der Waals surface area (Å²) in [4.78, 5) is 11.8. The van der Waals surface area contributed by atoms with Gasteiger partial charge in [-0.15, -0.1) is 0 Å². The number of Topliss-reactive ketones (excluding diaryl/α,β-unsaturated/α-hetero) is 1. The van der Waals surface area contributed by atoms with E-state index in [9.17, 15) is 9.90 Å². The van der Waals surface area contributed by atoms with E-state index in [0.29, 0.717) is 12.2 Å². The number of unbranched alkanes of at least 4 members (excludes halogenated alkanes) is 6. The summed E-state index contributed by atoms with van der Waals surface area (Å²) in [5.74, 6) is 0.311. The zero-order valence-electron chi connectivity index (χ0n) is 11.3. The molecule has 1 aliphatic rings. The van der Waals surface area contributed by atoms with Crippen LogP contribution in [-0.4, -0.2) is 17.5 Å². The number of carbonyl (C=O) groups is 1. The van der Waals surface area contributed by atoms with Crippen LogP contribution >= 0.6 is 0 Å². The molecule has 0 spiro atoms. The highest BCUT2D eigenvalue weighted by Gasteiger charge is 2.40. The zero-order valence-corrected chi connectivity index (χ0v) is 11.3. The van der Waals surface area contributed by atoms with Crippen molar-refractivity contribution in [3.8, 4) is 0 Å². The molecule has 1 saturated carbocycles. The van der Waals surface area contributed by atoms with E-state index in [0.717, 1.165) is 25.7 Å². The summed E-state index contributed by atoms with van der Waals surface area (Å²) in [7, 11) is 0. The number of carbonyl (C=O) groups excluding carboxylic acids is 1. The van der Waals surface area contributed by atoms with Gasteiger partial charge in [0.15, 0.2) is 0 Å². The van der Waals surface area contributed by atoms with Crippen LogP contribution < -0.4 is 0 Å². The maximum Gasteiger partial charge on any atom is 0.141 e. The zero-order chi connectivity index (χ0) is 12.6. The third kappa shape index (κ3) is 4.42. The Morgan fingerprint density at radius 1 is 1.12 bits per heavy atom. The third-order valence-corrected chi connectivity index (χ3v) is 4.21. The van der Waals surface area contributed by atoms with Gasteiger partial charge in [0.05, 0.1) is 12.0 Å². The van der Waals surface area contributed by atoms with Crippen LogP contribution in [0, 0.1) is 5.41 Å². The maximum absolute atomic E-state index is 11.8. The van der Waals surface area contributed by atoms with Gasteiger partial charge in [0.1, 0.15) is 5.78 Å². The number of ketones is 1. The van der Waals surface area contributed by atoms with Gasteiger partial charge in [-0.05, 0) is 19.3 Å². The van der Waals surface area contributed by atoms with Crippen molar-refractivity contribution in [2.24, 2.45) is 5.41 Å². The monoisotopic (exact) mass is 240 g/mol. The highest BCUT2D eigenvalue weighted by Crippen LogP contribution is 2.39. The molecule has 0 radical (unpaired) electrons. The standard InChI is InChI=1S/C15H28O2/c1-2-3-4-5-6-7-8-11-15(13-16)12-9-10-14(15)17/h16H,2-13H2,1H3/t15-/m0/s1.